The highest BCUT2D eigenvalue weighted by Crippen LogP contribution is 2.47. The van der Waals surface area contributed by atoms with Gasteiger partial charge in [0.1, 0.15) is 5.69 Å². The van der Waals surface area contributed by atoms with Crippen molar-refractivity contribution in [1.29, 1.82) is 0 Å². The van der Waals surface area contributed by atoms with Crippen molar-refractivity contribution in [1.82, 2.24) is 0 Å². The second-order valence-electron chi connectivity index (χ2n) is 3.46. The van der Waals surface area contributed by atoms with Gasteiger partial charge < -0.3 is 10.1 Å². The van der Waals surface area contributed by atoms with E-state index in [0.29, 0.717) is 21.5 Å². The standard InChI is InChI=1S/C12H7Cl2NO/c13-7-3-2-6-10-11(7)15-9-5-1-4-8(14)12(9)16-10/h1-6,15H. The van der Waals surface area contributed by atoms with Crippen LogP contribution in [0.1, 0.15) is 0 Å². The van der Waals surface area contributed by atoms with Crippen LogP contribution >= 0.6 is 23.2 Å². The molecule has 0 atom stereocenters. The molecule has 0 radical (unpaired) electrons. The Labute approximate surface area is 103 Å². The average molecular weight is 252 g/mol. The lowest BCUT2D eigenvalue weighted by molar-refractivity contribution is 0.481. The van der Waals surface area contributed by atoms with Crippen LogP contribution in [-0.4, -0.2) is 0 Å². The van der Waals surface area contributed by atoms with E-state index in [0.717, 1.165) is 11.4 Å². The molecule has 2 nitrogen and oxygen atoms in total. The molecule has 1 aliphatic heterocycles. The Bertz CT molecular complexity index is 517. The third kappa shape index (κ3) is 1.42. The van der Waals surface area contributed by atoms with Crippen molar-refractivity contribution in [2.75, 3.05) is 5.32 Å². The summed E-state index contributed by atoms with van der Waals surface area (Å²) >= 11 is 12.1. The zero-order chi connectivity index (χ0) is 11.1. The molecule has 16 heavy (non-hydrogen) atoms. The van der Waals surface area contributed by atoms with Crippen LogP contribution in [0, 0.1) is 0 Å². The second kappa shape index (κ2) is 3.58. The SMILES string of the molecule is Clc1cccc2c1Nc1cccc(Cl)c1O2. The Morgan fingerprint density at radius 1 is 0.938 bits per heavy atom. The number of hydrogen-bond acceptors (Lipinski definition) is 2. The van der Waals surface area contributed by atoms with Crippen molar-refractivity contribution in [3.05, 3.63) is 46.4 Å². The first-order valence-electron chi connectivity index (χ1n) is 4.77. The van der Waals surface area contributed by atoms with Crippen LogP contribution in [-0.2, 0) is 0 Å². The van der Waals surface area contributed by atoms with Gasteiger partial charge in [-0.2, -0.15) is 0 Å². The van der Waals surface area contributed by atoms with Gasteiger partial charge in [-0.25, -0.2) is 0 Å². The first-order chi connectivity index (χ1) is 7.75. The molecule has 0 aromatic heterocycles. The minimum absolute atomic E-state index is 0.579. The van der Waals surface area contributed by atoms with E-state index in [-0.39, 0.29) is 0 Å². The number of anilines is 2. The molecule has 1 N–H and O–H groups in total. The molecule has 4 heteroatoms. The summed E-state index contributed by atoms with van der Waals surface area (Å²) in [7, 11) is 0. The molecule has 0 amide bonds. The molecule has 2 aromatic carbocycles. The molecule has 0 aliphatic carbocycles. The summed E-state index contributed by atoms with van der Waals surface area (Å²) in [6, 6.07) is 11.0. The van der Waals surface area contributed by atoms with Crippen molar-refractivity contribution in [3.63, 3.8) is 0 Å². The van der Waals surface area contributed by atoms with Crippen molar-refractivity contribution in [2.45, 2.75) is 0 Å². The maximum absolute atomic E-state index is 6.07. The largest absolute Gasteiger partial charge is 0.451 e. The second-order valence-corrected chi connectivity index (χ2v) is 4.27. The smallest absolute Gasteiger partial charge is 0.169 e. The van der Waals surface area contributed by atoms with Crippen molar-refractivity contribution in [2.24, 2.45) is 0 Å². The summed E-state index contributed by atoms with van der Waals surface area (Å²) in [5.74, 6) is 1.33. The topological polar surface area (TPSA) is 21.3 Å². The summed E-state index contributed by atoms with van der Waals surface area (Å²) in [6.07, 6.45) is 0. The lowest BCUT2D eigenvalue weighted by atomic mass is 10.2. The molecule has 0 saturated carbocycles. The van der Waals surface area contributed by atoms with Gasteiger partial charge in [0.2, 0.25) is 0 Å². The summed E-state index contributed by atoms with van der Waals surface area (Å²) in [4.78, 5) is 0. The predicted octanol–water partition coefficient (Wildman–Crippen LogP) is 4.84. The van der Waals surface area contributed by atoms with Gasteiger partial charge in [0.05, 0.1) is 15.7 Å². The van der Waals surface area contributed by atoms with Gasteiger partial charge in [-0.3, -0.25) is 0 Å². The van der Waals surface area contributed by atoms with Gasteiger partial charge in [0.15, 0.2) is 11.5 Å². The van der Waals surface area contributed by atoms with Gasteiger partial charge in [0, 0.05) is 0 Å². The van der Waals surface area contributed by atoms with E-state index in [1.54, 1.807) is 6.07 Å². The lowest BCUT2D eigenvalue weighted by Crippen LogP contribution is -2.03. The van der Waals surface area contributed by atoms with Gasteiger partial charge in [-0.15, -0.1) is 0 Å². The fourth-order valence-electron chi connectivity index (χ4n) is 1.67. The number of ether oxygens (including phenoxy) is 1. The highest BCUT2D eigenvalue weighted by molar-refractivity contribution is 6.34. The molecule has 1 aliphatic rings. The summed E-state index contributed by atoms with van der Waals surface area (Å²) in [6.45, 7) is 0. The molecule has 3 rings (SSSR count). The van der Waals surface area contributed by atoms with E-state index in [4.69, 9.17) is 27.9 Å². The van der Waals surface area contributed by atoms with Gasteiger partial charge in [0.25, 0.3) is 0 Å². The number of fused-ring (bicyclic) bond motifs is 2. The van der Waals surface area contributed by atoms with E-state index in [2.05, 4.69) is 5.32 Å². The zero-order valence-corrected chi connectivity index (χ0v) is 9.64. The summed E-state index contributed by atoms with van der Waals surface area (Å²) in [5, 5.41) is 4.42. The molecular weight excluding hydrogens is 245 g/mol. The van der Waals surface area contributed by atoms with Gasteiger partial charge in [-0.05, 0) is 24.3 Å². The number of para-hydroxylation sites is 2. The highest BCUT2D eigenvalue weighted by Gasteiger charge is 2.20. The van der Waals surface area contributed by atoms with E-state index < -0.39 is 0 Å². The van der Waals surface area contributed by atoms with Crippen LogP contribution in [0.25, 0.3) is 0 Å². The molecule has 0 saturated heterocycles. The van der Waals surface area contributed by atoms with Crippen LogP contribution in [0.15, 0.2) is 36.4 Å². The quantitative estimate of drug-likeness (QED) is 0.617. The molecule has 0 unspecified atom stereocenters. The lowest BCUT2D eigenvalue weighted by Gasteiger charge is -2.23. The number of nitrogens with one attached hydrogen (secondary N) is 1. The Morgan fingerprint density at radius 2 is 1.69 bits per heavy atom. The molecule has 0 bridgehead atoms. The average Bonchev–Trinajstić information content (AvgIpc) is 2.29. The Hall–Kier alpha value is -1.38. The van der Waals surface area contributed by atoms with Crippen LogP contribution in [0.4, 0.5) is 11.4 Å². The Kier molecular flexibility index (Phi) is 2.20. The third-order valence-electron chi connectivity index (χ3n) is 2.41. The van der Waals surface area contributed by atoms with Crippen LogP contribution in [0.2, 0.25) is 10.0 Å². The number of hydrogen-bond donors (Lipinski definition) is 1. The summed E-state index contributed by atoms with van der Waals surface area (Å²) in [5.41, 5.74) is 1.60. The van der Waals surface area contributed by atoms with E-state index in [1.165, 1.54) is 0 Å². The number of halogens is 2. The van der Waals surface area contributed by atoms with Crippen molar-refractivity contribution in [3.8, 4) is 11.5 Å². The first kappa shape index (κ1) is 9.82. The van der Waals surface area contributed by atoms with E-state index >= 15 is 0 Å². The maximum Gasteiger partial charge on any atom is 0.169 e. The third-order valence-corrected chi connectivity index (χ3v) is 3.03. The van der Waals surface area contributed by atoms with E-state index in [1.807, 2.05) is 30.3 Å². The zero-order valence-electron chi connectivity index (χ0n) is 8.13. The van der Waals surface area contributed by atoms with Crippen LogP contribution < -0.4 is 10.1 Å². The maximum atomic E-state index is 6.07. The number of rotatable bonds is 0. The molecule has 0 spiro atoms. The Morgan fingerprint density at radius 3 is 2.56 bits per heavy atom. The molecule has 80 valence electrons. The molecule has 1 heterocycles. The fourth-order valence-corrected chi connectivity index (χ4v) is 2.09. The van der Waals surface area contributed by atoms with Crippen molar-refractivity contribution < 1.29 is 4.74 Å². The molecule has 0 fully saturated rings. The van der Waals surface area contributed by atoms with Gasteiger partial charge >= 0.3 is 0 Å². The van der Waals surface area contributed by atoms with Crippen LogP contribution in [0.5, 0.6) is 11.5 Å². The minimum Gasteiger partial charge on any atom is -0.451 e. The van der Waals surface area contributed by atoms with E-state index in [9.17, 15) is 0 Å². The Balaban J connectivity index is 2.17. The first-order valence-corrected chi connectivity index (χ1v) is 5.53. The highest BCUT2D eigenvalue weighted by atomic mass is 35.5. The number of benzene rings is 2. The summed E-state index contributed by atoms with van der Waals surface area (Å²) < 4.78 is 5.71. The minimum atomic E-state index is 0.579. The van der Waals surface area contributed by atoms with Crippen molar-refractivity contribution >= 4 is 34.6 Å². The van der Waals surface area contributed by atoms with Gasteiger partial charge in [-0.1, -0.05) is 35.3 Å². The molecular formula is C12H7Cl2NO. The normalized spacial score (nSPS) is 12.1. The van der Waals surface area contributed by atoms with Crippen LogP contribution in [0.3, 0.4) is 0 Å². The molecule has 2 aromatic rings. The predicted molar refractivity (Wildman–Crippen MR) is 66.3 cm³/mol. The fraction of sp³-hybridized carbons (Fsp3) is 0. The monoisotopic (exact) mass is 251 g/mol.